The Morgan fingerprint density at radius 1 is 0.740 bits per heavy atom. The highest BCUT2D eigenvalue weighted by molar-refractivity contribution is 7.92. The minimum Gasteiger partial charge on any atom is -0.457 e. The first-order chi connectivity index (χ1) is 24.2. The predicted molar refractivity (Wildman–Crippen MR) is 198 cm³/mol. The zero-order chi connectivity index (χ0) is 35.5. The Labute approximate surface area is 303 Å². The summed E-state index contributed by atoms with van der Waals surface area (Å²) in [4.78, 5) is 29.9. The Morgan fingerprint density at radius 2 is 1.30 bits per heavy atom. The number of rotatable bonds is 15. The summed E-state index contributed by atoms with van der Waals surface area (Å²) in [6.45, 7) is 1.56. The van der Waals surface area contributed by atoms with Crippen LogP contribution in [-0.2, 0) is 32.6 Å². The molecule has 0 unspecified atom stereocenters. The summed E-state index contributed by atoms with van der Waals surface area (Å²) in [5.74, 6) is 0.0857. The summed E-state index contributed by atoms with van der Waals surface area (Å²) in [6.07, 6.45) is 0.850. The maximum atomic E-state index is 14.7. The average Bonchev–Trinajstić information content (AvgIpc) is 3.13. The Morgan fingerprint density at radius 3 is 1.90 bits per heavy atom. The molecule has 5 rings (SSSR count). The normalized spacial score (nSPS) is 11.7. The van der Waals surface area contributed by atoms with Crippen molar-refractivity contribution in [1.29, 1.82) is 0 Å². The molecule has 11 heteroatoms. The smallest absolute Gasteiger partial charge is 0.264 e. The maximum absolute atomic E-state index is 14.7. The lowest BCUT2D eigenvalue weighted by Gasteiger charge is -2.34. The van der Waals surface area contributed by atoms with Gasteiger partial charge < -0.3 is 15.0 Å². The minimum absolute atomic E-state index is 0.000338. The summed E-state index contributed by atoms with van der Waals surface area (Å²) < 4.78 is 35.5. The molecule has 0 aliphatic carbocycles. The van der Waals surface area contributed by atoms with Crippen molar-refractivity contribution in [2.45, 2.75) is 37.2 Å². The molecular formula is C39H37Cl2N3O5S. The third-order valence-corrected chi connectivity index (χ3v) is 10.4. The first kappa shape index (κ1) is 36.5. The molecule has 0 saturated carbocycles. The number of carbonyl (C=O) groups is 2. The molecule has 0 heterocycles. The van der Waals surface area contributed by atoms with E-state index >= 15 is 0 Å². The number of anilines is 1. The topological polar surface area (TPSA) is 96.0 Å². The number of benzene rings is 5. The van der Waals surface area contributed by atoms with Crippen molar-refractivity contribution < 1.29 is 22.7 Å². The highest BCUT2D eigenvalue weighted by Crippen LogP contribution is 2.30. The molecule has 0 fully saturated rings. The van der Waals surface area contributed by atoms with Gasteiger partial charge in [0.2, 0.25) is 11.8 Å². The van der Waals surface area contributed by atoms with Crippen LogP contribution < -0.4 is 14.4 Å². The van der Waals surface area contributed by atoms with Crippen LogP contribution in [0.4, 0.5) is 5.69 Å². The second kappa shape index (κ2) is 17.2. The lowest BCUT2D eigenvalue weighted by molar-refractivity contribution is -0.140. The summed E-state index contributed by atoms with van der Waals surface area (Å²) >= 11 is 13.2. The van der Waals surface area contributed by atoms with Crippen LogP contribution in [0.5, 0.6) is 11.5 Å². The Balaban J connectivity index is 1.57. The van der Waals surface area contributed by atoms with Gasteiger partial charge in [-0.2, -0.15) is 0 Å². The Hall–Kier alpha value is -4.83. The fourth-order valence-corrected chi connectivity index (χ4v) is 7.28. The third kappa shape index (κ3) is 9.24. The van der Waals surface area contributed by atoms with Crippen molar-refractivity contribution in [3.8, 4) is 11.5 Å². The highest BCUT2D eigenvalue weighted by atomic mass is 35.5. The lowest BCUT2D eigenvalue weighted by Crippen LogP contribution is -2.53. The molecule has 8 nitrogen and oxygen atoms in total. The van der Waals surface area contributed by atoms with Crippen LogP contribution in [0.15, 0.2) is 138 Å². The first-order valence-corrected chi connectivity index (χ1v) is 18.3. The van der Waals surface area contributed by atoms with E-state index < -0.39 is 28.5 Å². The summed E-state index contributed by atoms with van der Waals surface area (Å²) in [5.41, 5.74) is 1.48. The van der Waals surface area contributed by atoms with Crippen LogP contribution in [0.3, 0.4) is 0 Å². The lowest BCUT2D eigenvalue weighted by atomic mass is 10.0. The standard InChI is InChI=1S/C39H37Cl2N3O5S/c1-2-25-42-39(46)37(26-29-13-6-3-7-14-29)43(27-34-35(40)19-12-20-36(34)41)38(45)28-44(50(47,48)33-17-10-5-11-18-33)30-21-23-32(24-22-30)49-31-15-8-4-9-16-31/h3-24,37H,2,25-28H2,1H3,(H,42,46)/t37-/m1/s1. The zero-order valence-corrected chi connectivity index (χ0v) is 29.7. The van der Waals surface area contributed by atoms with Crippen molar-refractivity contribution in [2.24, 2.45) is 0 Å². The number of nitrogens with zero attached hydrogens (tertiary/aromatic N) is 2. The van der Waals surface area contributed by atoms with E-state index in [0.717, 1.165) is 9.87 Å². The van der Waals surface area contributed by atoms with Gasteiger partial charge in [-0.05, 0) is 72.6 Å². The number of hydrogen-bond donors (Lipinski definition) is 1. The van der Waals surface area contributed by atoms with Gasteiger partial charge >= 0.3 is 0 Å². The molecule has 5 aromatic carbocycles. The molecule has 1 N–H and O–H groups in total. The van der Waals surface area contributed by atoms with Gasteiger partial charge in [0, 0.05) is 35.1 Å². The van der Waals surface area contributed by atoms with Gasteiger partial charge in [-0.25, -0.2) is 8.42 Å². The van der Waals surface area contributed by atoms with Crippen LogP contribution >= 0.6 is 23.2 Å². The fraction of sp³-hybridized carbons (Fsp3) is 0.179. The molecule has 1 atom stereocenters. The van der Waals surface area contributed by atoms with Crippen molar-refractivity contribution in [2.75, 3.05) is 17.4 Å². The Kier molecular flexibility index (Phi) is 12.5. The number of amides is 2. The summed E-state index contributed by atoms with van der Waals surface area (Å²) in [5, 5.41) is 3.55. The minimum atomic E-state index is -4.27. The van der Waals surface area contributed by atoms with Gasteiger partial charge in [0.05, 0.1) is 10.6 Å². The molecule has 0 aromatic heterocycles. The summed E-state index contributed by atoms with van der Waals surface area (Å²) in [6, 6.07) is 36.8. The van der Waals surface area contributed by atoms with Gasteiger partial charge in [0.15, 0.2) is 0 Å². The van der Waals surface area contributed by atoms with E-state index in [4.69, 9.17) is 27.9 Å². The highest BCUT2D eigenvalue weighted by Gasteiger charge is 2.35. The van der Waals surface area contributed by atoms with E-state index in [2.05, 4.69) is 5.32 Å². The van der Waals surface area contributed by atoms with E-state index in [-0.39, 0.29) is 29.5 Å². The van der Waals surface area contributed by atoms with Crippen molar-refractivity contribution >= 4 is 50.7 Å². The van der Waals surface area contributed by atoms with Crippen LogP contribution in [-0.4, -0.2) is 44.3 Å². The van der Waals surface area contributed by atoms with E-state index in [1.807, 2.05) is 55.5 Å². The molecule has 5 aromatic rings. The maximum Gasteiger partial charge on any atom is 0.264 e. The zero-order valence-electron chi connectivity index (χ0n) is 27.4. The van der Waals surface area contributed by atoms with Crippen molar-refractivity contribution in [3.63, 3.8) is 0 Å². The molecule has 0 aliphatic heterocycles. The molecular weight excluding hydrogens is 693 g/mol. The molecule has 258 valence electrons. The third-order valence-electron chi connectivity index (χ3n) is 7.92. The Bertz CT molecular complexity index is 1960. The molecule has 2 amide bonds. The van der Waals surface area contributed by atoms with Gasteiger partial charge in [0.25, 0.3) is 10.0 Å². The number of hydrogen-bond acceptors (Lipinski definition) is 5. The van der Waals surface area contributed by atoms with Crippen LogP contribution in [0.25, 0.3) is 0 Å². The second-order valence-electron chi connectivity index (χ2n) is 11.5. The van der Waals surface area contributed by atoms with E-state index in [1.54, 1.807) is 72.8 Å². The van der Waals surface area contributed by atoms with E-state index in [1.165, 1.54) is 17.0 Å². The van der Waals surface area contributed by atoms with Gasteiger partial charge in [0.1, 0.15) is 24.1 Å². The van der Waals surface area contributed by atoms with Crippen molar-refractivity contribution in [3.05, 3.63) is 155 Å². The number of ether oxygens (including phenoxy) is 1. The monoisotopic (exact) mass is 729 g/mol. The van der Waals surface area contributed by atoms with Gasteiger partial charge in [-0.15, -0.1) is 0 Å². The van der Waals surface area contributed by atoms with Crippen LogP contribution in [0.1, 0.15) is 24.5 Å². The predicted octanol–water partition coefficient (Wildman–Crippen LogP) is 8.15. The fourth-order valence-electron chi connectivity index (χ4n) is 5.33. The molecule has 0 bridgehead atoms. The quantitative estimate of drug-likeness (QED) is 0.117. The number of sulfonamides is 1. The SMILES string of the molecule is CCCNC(=O)[C@@H](Cc1ccccc1)N(Cc1c(Cl)cccc1Cl)C(=O)CN(c1ccc(Oc2ccccc2)cc1)S(=O)(=O)c1ccccc1. The molecule has 0 radical (unpaired) electrons. The first-order valence-electron chi connectivity index (χ1n) is 16.1. The van der Waals surface area contributed by atoms with Gasteiger partial charge in [-0.3, -0.25) is 13.9 Å². The number of halogens is 2. The van der Waals surface area contributed by atoms with Gasteiger partial charge in [-0.1, -0.05) is 103 Å². The average molecular weight is 731 g/mol. The summed E-state index contributed by atoms with van der Waals surface area (Å²) in [7, 11) is -4.27. The number of carbonyl (C=O) groups excluding carboxylic acids is 2. The molecule has 50 heavy (non-hydrogen) atoms. The molecule has 0 saturated heterocycles. The van der Waals surface area contributed by atoms with Crippen LogP contribution in [0, 0.1) is 0 Å². The van der Waals surface area contributed by atoms with E-state index in [9.17, 15) is 18.0 Å². The van der Waals surface area contributed by atoms with Crippen molar-refractivity contribution in [1.82, 2.24) is 10.2 Å². The number of nitrogens with one attached hydrogen (secondary N) is 1. The molecule has 0 aliphatic rings. The largest absolute Gasteiger partial charge is 0.457 e. The number of para-hydroxylation sites is 1. The van der Waals surface area contributed by atoms with E-state index in [0.29, 0.717) is 40.1 Å². The van der Waals surface area contributed by atoms with Crippen LogP contribution in [0.2, 0.25) is 10.0 Å². The second-order valence-corrected chi connectivity index (χ2v) is 14.1. The molecule has 0 spiro atoms.